The summed E-state index contributed by atoms with van der Waals surface area (Å²) in [5.41, 5.74) is 2.78. The summed E-state index contributed by atoms with van der Waals surface area (Å²) < 4.78 is 5.11. The molecule has 1 fully saturated rings. The van der Waals surface area contributed by atoms with Crippen molar-refractivity contribution in [2.75, 3.05) is 33.3 Å². The Morgan fingerprint density at radius 1 is 1.37 bits per heavy atom. The van der Waals surface area contributed by atoms with Crippen LogP contribution < -0.4 is 0 Å². The molecule has 0 amide bonds. The second kappa shape index (κ2) is 9.67. The lowest BCUT2D eigenvalue weighted by molar-refractivity contribution is 0.0515. The number of ether oxygens (including phenoxy) is 1. The quantitative estimate of drug-likeness (QED) is 0.724. The number of piperidine rings is 1. The predicted octanol–water partition coefficient (Wildman–Crippen LogP) is 2.73. The molecule has 1 aliphatic rings. The number of hydrogen-bond donors (Lipinski definition) is 1. The molecule has 1 aromatic heterocycles. The molecule has 1 aromatic carbocycles. The molecule has 1 aliphatic heterocycles. The van der Waals surface area contributed by atoms with Crippen molar-refractivity contribution in [3.05, 3.63) is 53.3 Å². The molecule has 0 saturated carbocycles. The fourth-order valence-corrected chi connectivity index (χ4v) is 3.72. The average Bonchev–Trinajstić information content (AvgIpc) is 3.15. The fourth-order valence-electron chi connectivity index (χ4n) is 3.72. The van der Waals surface area contributed by atoms with Crippen LogP contribution in [0.3, 0.4) is 0 Å². The predicted molar refractivity (Wildman–Crippen MR) is 106 cm³/mol. The number of aromatic amines is 1. The summed E-state index contributed by atoms with van der Waals surface area (Å²) in [6.07, 6.45) is 5.21. The maximum absolute atomic E-state index is 12.0. The van der Waals surface area contributed by atoms with E-state index in [1.807, 2.05) is 6.92 Å². The van der Waals surface area contributed by atoms with Crippen LogP contribution in [0, 0.1) is 0 Å². The van der Waals surface area contributed by atoms with E-state index in [2.05, 4.69) is 57.4 Å². The molecule has 3 rings (SSSR count). The van der Waals surface area contributed by atoms with Crippen molar-refractivity contribution in [3.8, 4) is 0 Å². The third-order valence-corrected chi connectivity index (χ3v) is 5.29. The lowest BCUT2D eigenvalue weighted by Crippen LogP contribution is -2.46. The summed E-state index contributed by atoms with van der Waals surface area (Å²) in [5.74, 6) is -0.321. The van der Waals surface area contributed by atoms with Crippen molar-refractivity contribution < 1.29 is 9.53 Å². The van der Waals surface area contributed by atoms with Crippen molar-refractivity contribution in [3.63, 3.8) is 0 Å². The van der Waals surface area contributed by atoms with Gasteiger partial charge in [0.2, 0.25) is 0 Å². The smallest absolute Gasteiger partial charge is 0.356 e. The maximum Gasteiger partial charge on any atom is 0.356 e. The first-order chi connectivity index (χ1) is 13.2. The number of H-pyrrole nitrogens is 1. The van der Waals surface area contributed by atoms with E-state index in [0.717, 1.165) is 38.2 Å². The first kappa shape index (κ1) is 19.6. The first-order valence-electron chi connectivity index (χ1n) is 9.83. The van der Waals surface area contributed by atoms with Crippen LogP contribution in [0.1, 0.15) is 41.4 Å². The van der Waals surface area contributed by atoms with E-state index in [4.69, 9.17) is 4.74 Å². The number of benzene rings is 1. The fraction of sp³-hybridized carbons (Fsp3) is 0.524. The number of nitrogens with one attached hydrogen (secondary N) is 1. The number of rotatable bonds is 8. The number of aromatic nitrogens is 2. The van der Waals surface area contributed by atoms with Crippen LogP contribution in [0.4, 0.5) is 0 Å². The average molecular weight is 370 g/mol. The van der Waals surface area contributed by atoms with Gasteiger partial charge in [-0.05, 0) is 45.3 Å². The van der Waals surface area contributed by atoms with E-state index in [1.54, 1.807) is 6.20 Å². The minimum absolute atomic E-state index is 0.321. The Hall–Kier alpha value is -2.18. The van der Waals surface area contributed by atoms with Crippen LogP contribution in [0.2, 0.25) is 0 Å². The van der Waals surface area contributed by atoms with Gasteiger partial charge in [-0.15, -0.1) is 0 Å². The van der Waals surface area contributed by atoms with Crippen LogP contribution in [0.15, 0.2) is 36.5 Å². The Labute approximate surface area is 161 Å². The second-order valence-corrected chi connectivity index (χ2v) is 7.24. The molecule has 146 valence electrons. The van der Waals surface area contributed by atoms with Crippen molar-refractivity contribution in [2.24, 2.45) is 0 Å². The monoisotopic (exact) mass is 370 g/mol. The number of hydrogen-bond acceptors (Lipinski definition) is 5. The second-order valence-electron chi connectivity index (χ2n) is 7.24. The van der Waals surface area contributed by atoms with Gasteiger partial charge in [-0.2, -0.15) is 5.10 Å². The Morgan fingerprint density at radius 2 is 2.19 bits per heavy atom. The van der Waals surface area contributed by atoms with Gasteiger partial charge in [-0.3, -0.25) is 10.00 Å². The molecule has 6 nitrogen and oxygen atoms in total. The molecule has 27 heavy (non-hydrogen) atoms. The molecular weight excluding hydrogens is 340 g/mol. The minimum atomic E-state index is -0.321. The van der Waals surface area contributed by atoms with E-state index in [1.165, 1.54) is 18.4 Å². The number of carbonyl (C=O) groups is 1. The zero-order valence-corrected chi connectivity index (χ0v) is 16.4. The molecular formula is C21H30N4O2. The highest BCUT2D eigenvalue weighted by molar-refractivity contribution is 5.88. The van der Waals surface area contributed by atoms with Gasteiger partial charge in [-0.1, -0.05) is 30.3 Å². The number of likely N-dealkylation sites (N-methyl/N-ethyl adjacent to an activating group) is 1. The van der Waals surface area contributed by atoms with Gasteiger partial charge in [0.15, 0.2) is 0 Å². The first-order valence-corrected chi connectivity index (χ1v) is 9.83. The molecule has 0 radical (unpaired) electrons. The van der Waals surface area contributed by atoms with E-state index < -0.39 is 0 Å². The summed E-state index contributed by atoms with van der Waals surface area (Å²) >= 11 is 0. The Kier molecular flexibility index (Phi) is 7.01. The van der Waals surface area contributed by atoms with Crippen LogP contribution in [-0.4, -0.2) is 65.3 Å². The third kappa shape index (κ3) is 5.40. The third-order valence-electron chi connectivity index (χ3n) is 5.29. The topological polar surface area (TPSA) is 61.5 Å². The van der Waals surface area contributed by atoms with Crippen LogP contribution in [-0.2, 0) is 17.7 Å². The van der Waals surface area contributed by atoms with E-state index in [0.29, 0.717) is 18.3 Å². The molecule has 1 saturated heterocycles. The summed E-state index contributed by atoms with van der Waals surface area (Å²) in [5, 5.41) is 6.84. The molecule has 0 unspecified atom stereocenters. The van der Waals surface area contributed by atoms with Gasteiger partial charge in [0.25, 0.3) is 0 Å². The van der Waals surface area contributed by atoms with Gasteiger partial charge >= 0.3 is 5.97 Å². The van der Waals surface area contributed by atoms with Crippen molar-refractivity contribution in [1.82, 2.24) is 20.0 Å². The number of likely N-dealkylation sites (tertiary alicyclic amines) is 1. The van der Waals surface area contributed by atoms with E-state index in [9.17, 15) is 4.79 Å². The Balaban J connectivity index is 1.53. The van der Waals surface area contributed by atoms with Crippen LogP contribution in [0.25, 0.3) is 0 Å². The standard InChI is InChI=1S/C21H30N4O2/c1-3-27-21(26)20-18(14-22-23-20)15-25-12-7-10-19(16-25)24(2)13-11-17-8-5-4-6-9-17/h4-6,8-9,14,19H,3,7,10-13,15-16H2,1-2H3,(H,22,23)/t19-/m0/s1. The molecule has 0 spiro atoms. The minimum Gasteiger partial charge on any atom is -0.461 e. The highest BCUT2D eigenvalue weighted by atomic mass is 16.5. The SMILES string of the molecule is CCOC(=O)c1[nH]ncc1CN1CCC[C@H](N(C)CCc2ccccc2)C1. The summed E-state index contributed by atoms with van der Waals surface area (Å²) in [4.78, 5) is 16.9. The summed E-state index contributed by atoms with van der Waals surface area (Å²) in [6.45, 7) is 6.04. The largest absolute Gasteiger partial charge is 0.461 e. The lowest BCUT2D eigenvalue weighted by Gasteiger charge is -2.37. The van der Waals surface area contributed by atoms with Gasteiger partial charge in [-0.25, -0.2) is 4.79 Å². The number of carbonyl (C=O) groups excluding carboxylic acids is 1. The summed E-state index contributed by atoms with van der Waals surface area (Å²) in [6, 6.07) is 11.2. The Bertz CT molecular complexity index is 716. The summed E-state index contributed by atoms with van der Waals surface area (Å²) in [7, 11) is 2.22. The molecule has 2 heterocycles. The van der Waals surface area contributed by atoms with Crippen LogP contribution >= 0.6 is 0 Å². The highest BCUT2D eigenvalue weighted by Gasteiger charge is 2.25. The lowest BCUT2D eigenvalue weighted by atomic mass is 10.0. The van der Waals surface area contributed by atoms with Gasteiger partial charge < -0.3 is 9.64 Å². The molecule has 0 aliphatic carbocycles. The van der Waals surface area contributed by atoms with Crippen molar-refractivity contribution in [1.29, 1.82) is 0 Å². The number of esters is 1. The molecule has 2 aromatic rings. The van der Waals surface area contributed by atoms with Gasteiger partial charge in [0.05, 0.1) is 12.8 Å². The molecule has 1 N–H and O–H groups in total. The Morgan fingerprint density at radius 3 is 2.96 bits per heavy atom. The number of nitrogens with zero attached hydrogens (tertiary/aromatic N) is 3. The molecule has 6 heteroatoms. The van der Waals surface area contributed by atoms with Crippen LogP contribution in [0.5, 0.6) is 0 Å². The van der Waals surface area contributed by atoms with E-state index in [-0.39, 0.29) is 5.97 Å². The van der Waals surface area contributed by atoms with Gasteiger partial charge in [0, 0.05) is 31.2 Å². The van der Waals surface area contributed by atoms with Crippen molar-refractivity contribution in [2.45, 2.75) is 38.8 Å². The zero-order valence-electron chi connectivity index (χ0n) is 16.4. The van der Waals surface area contributed by atoms with E-state index >= 15 is 0 Å². The molecule has 0 bridgehead atoms. The zero-order chi connectivity index (χ0) is 19.1. The van der Waals surface area contributed by atoms with Gasteiger partial charge in [0.1, 0.15) is 5.69 Å². The molecule has 1 atom stereocenters. The van der Waals surface area contributed by atoms with Crippen molar-refractivity contribution >= 4 is 5.97 Å². The normalized spacial score (nSPS) is 18.0. The highest BCUT2D eigenvalue weighted by Crippen LogP contribution is 2.19. The maximum atomic E-state index is 12.0.